The lowest BCUT2D eigenvalue weighted by Crippen LogP contribution is -2.44. The normalized spacial score (nSPS) is 22.0. The molecule has 0 aromatic carbocycles. The Balaban J connectivity index is 2.36. The number of carbonyl (C=O) groups excluding carboxylic acids is 1. The third-order valence-corrected chi connectivity index (χ3v) is 2.37. The van der Waals surface area contributed by atoms with Crippen LogP contribution in [0.25, 0.3) is 0 Å². The average molecular weight is 186 g/mol. The second-order valence-corrected chi connectivity index (χ2v) is 3.40. The predicted octanol–water partition coefficient (Wildman–Crippen LogP) is 0.563. The maximum Gasteiger partial charge on any atom is 0.317 e. The van der Waals surface area contributed by atoms with Gasteiger partial charge < -0.3 is 15.3 Å². The van der Waals surface area contributed by atoms with E-state index in [0.29, 0.717) is 6.54 Å². The van der Waals surface area contributed by atoms with Crippen molar-refractivity contribution in [2.45, 2.75) is 32.2 Å². The van der Waals surface area contributed by atoms with Crippen LogP contribution in [-0.2, 0) is 0 Å². The predicted molar refractivity (Wildman–Crippen MR) is 50.5 cm³/mol. The highest BCUT2D eigenvalue weighted by Gasteiger charge is 2.27. The Morgan fingerprint density at radius 3 is 3.08 bits per heavy atom. The molecule has 1 rings (SSSR count). The molecule has 4 heteroatoms. The molecule has 1 aliphatic rings. The van der Waals surface area contributed by atoms with Gasteiger partial charge in [-0.05, 0) is 19.3 Å². The van der Waals surface area contributed by atoms with Gasteiger partial charge >= 0.3 is 6.03 Å². The number of hydrogen-bond acceptors (Lipinski definition) is 2. The van der Waals surface area contributed by atoms with Crippen LogP contribution in [0.5, 0.6) is 0 Å². The van der Waals surface area contributed by atoms with Gasteiger partial charge in [-0.15, -0.1) is 0 Å². The van der Waals surface area contributed by atoms with Crippen LogP contribution in [-0.4, -0.2) is 41.8 Å². The molecule has 0 unspecified atom stereocenters. The first-order chi connectivity index (χ1) is 6.29. The fourth-order valence-electron chi connectivity index (χ4n) is 1.63. The van der Waals surface area contributed by atoms with Crippen molar-refractivity contribution in [3.63, 3.8) is 0 Å². The minimum absolute atomic E-state index is 0.0293. The highest BCUT2D eigenvalue weighted by molar-refractivity contribution is 5.74. The summed E-state index contributed by atoms with van der Waals surface area (Å²) in [6.45, 7) is 3.60. The van der Waals surface area contributed by atoms with Crippen molar-refractivity contribution in [3.05, 3.63) is 0 Å². The van der Waals surface area contributed by atoms with Crippen molar-refractivity contribution >= 4 is 6.03 Å². The Morgan fingerprint density at radius 1 is 1.69 bits per heavy atom. The van der Waals surface area contributed by atoms with E-state index in [0.717, 1.165) is 25.8 Å². The smallest absolute Gasteiger partial charge is 0.317 e. The zero-order valence-electron chi connectivity index (χ0n) is 8.12. The summed E-state index contributed by atoms with van der Waals surface area (Å²) < 4.78 is 0. The highest BCUT2D eigenvalue weighted by atomic mass is 16.3. The first-order valence-corrected chi connectivity index (χ1v) is 4.95. The highest BCUT2D eigenvalue weighted by Crippen LogP contribution is 2.16. The first-order valence-electron chi connectivity index (χ1n) is 4.95. The summed E-state index contributed by atoms with van der Waals surface area (Å²) in [5.41, 5.74) is 0. The van der Waals surface area contributed by atoms with E-state index in [1.54, 1.807) is 4.90 Å². The van der Waals surface area contributed by atoms with Crippen LogP contribution >= 0.6 is 0 Å². The van der Waals surface area contributed by atoms with Gasteiger partial charge in [-0.2, -0.15) is 0 Å². The molecular weight excluding hydrogens is 168 g/mol. The molecule has 13 heavy (non-hydrogen) atoms. The summed E-state index contributed by atoms with van der Waals surface area (Å²) in [5, 5.41) is 11.8. The number of aliphatic hydroxyl groups is 1. The molecule has 1 atom stereocenters. The number of hydrogen-bond donors (Lipinski definition) is 2. The molecule has 1 heterocycles. The maximum atomic E-state index is 11.5. The zero-order chi connectivity index (χ0) is 9.68. The first kappa shape index (κ1) is 10.3. The molecule has 0 aromatic heterocycles. The molecule has 0 spiro atoms. The monoisotopic (exact) mass is 186 g/mol. The second-order valence-electron chi connectivity index (χ2n) is 3.40. The van der Waals surface area contributed by atoms with Crippen LogP contribution in [0.2, 0.25) is 0 Å². The van der Waals surface area contributed by atoms with Gasteiger partial charge in [0.1, 0.15) is 0 Å². The molecule has 4 nitrogen and oxygen atoms in total. The van der Waals surface area contributed by atoms with Gasteiger partial charge in [-0.1, -0.05) is 6.92 Å². The fraction of sp³-hybridized carbons (Fsp3) is 0.889. The number of amides is 2. The third-order valence-electron chi connectivity index (χ3n) is 2.37. The minimum atomic E-state index is -0.0293. The van der Waals surface area contributed by atoms with E-state index in [2.05, 4.69) is 5.32 Å². The Bertz CT molecular complexity index is 173. The lowest BCUT2D eigenvalue weighted by atomic mass is 10.2. The standard InChI is InChI=1S/C9H18N2O2/c1-2-5-10-9(13)11-6-3-4-8(11)7-12/h8,12H,2-7H2,1H3,(H,10,13)/t8-/m1/s1. The summed E-state index contributed by atoms with van der Waals surface area (Å²) >= 11 is 0. The molecule has 76 valence electrons. The zero-order valence-corrected chi connectivity index (χ0v) is 8.12. The van der Waals surface area contributed by atoms with Crippen molar-refractivity contribution < 1.29 is 9.90 Å². The topological polar surface area (TPSA) is 52.6 Å². The number of carbonyl (C=O) groups is 1. The summed E-state index contributed by atoms with van der Waals surface area (Å²) in [6, 6.07) is 0.00950. The molecule has 2 amide bonds. The van der Waals surface area contributed by atoms with Crippen LogP contribution in [0.15, 0.2) is 0 Å². The lowest BCUT2D eigenvalue weighted by Gasteiger charge is -2.23. The van der Waals surface area contributed by atoms with Gasteiger partial charge in [0.25, 0.3) is 0 Å². The summed E-state index contributed by atoms with van der Waals surface area (Å²) in [4.78, 5) is 13.2. The number of rotatable bonds is 3. The van der Waals surface area contributed by atoms with E-state index in [1.807, 2.05) is 6.92 Å². The van der Waals surface area contributed by atoms with Crippen LogP contribution in [0.3, 0.4) is 0 Å². The van der Waals surface area contributed by atoms with Crippen LogP contribution in [0.1, 0.15) is 26.2 Å². The molecule has 1 aliphatic heterocycles. The second kappa shape index (κ2) is 5.07. The van der Waals surface area contributed by atoms with Gasteiger partial charge in [0.05, 0.1) is 12.6 Å². The Hall–Kier alpha value is -0.770. The van der Waals surface area contributed by atoms with Crippen LogP contribution in [0.4, 0.5) is 4.79 Å². The fourth-order valence-corrected chi connectivity index (χ4v) is 1.63. The molecular formula is C9H18N2O2. The van der Waals surface area contributed by atoms with E-state index < -0.39 is 0 Å². The van der Waals surface area contributed by atoms with Crippen molar-refractivity contribution in [2.75, 3.05) is 19.7 Å². The minimum Gasteiger partial charge on any atom is -0.394 e. The van der Waals surface area contributed by atoms with Gasteiger partial charge in [0.2, 0.25) is 0 Å². The Kier molecular flexibility index (Phi) is 4.02. The van der Waals surface area contributed by atoms with Crippen molar-refractivity contribution in [2.24, 2.45) is 0 Å². The molecule has 1 fully saturated rings. The maximum absolute atomic E-state index is 11.5. The van der Waals surface area contributed by atoms with Crippen molar-refractivity contribution in [1.29, 1.82) is 0 Å². The van der Waals surface area contributed by atoms with Crippen LogP contribution < -0.4 is 5.32 Å². The van der Waals surface area contributed by atoms with E-state index in [9.17, 15) is 4.79 Å². The molecule has 0 radical (unpaired) electrons. The Labute approximate surface area is 78.9 Å². The summed E-state index contributed by atoms with van der Waals surface area (Å²) in [5.74, 6) is 0. The number of likely N-dealkylation sites (tertiary alicyclic amines) is 1. The SMILES string of the molecule is CCCNC(=O)N1CCC[C@@H]1CO. The van der Waals surface area contributed by atoms with E-state index in [1.165, 1.54) is 0 Å². The molecule has 1 saturated heterocycles. The number of aliphatic hydroxyl groups excluding tert-OH is 1. The molecule has 2 N–H and O–H groups in total. The number of nitrogens with zero attached hydrogens (tertiary/aromatic N) is 1. The van der Waals surface area contributed by atoms with E-state index >= 15 is 0 Å². The third kappa shape index (κ3) is 2.59. The molecule has 0 aliphatic carbocycles. The molecule has 0 aromatic rings. The summed E-state index contributed by atoms with van der Waals surface area (Å²) in [6.07, 6.45) is 2.88. The van der Waals surface area contributed by atoms with Crippen LogP contribution in [0, 0.1) is 0 Å². The average Bonchev–Trinajstić information content (AvgIpc) is 2.61. The Morgan fingerprint density at radius 2 is 2.46 bits per heavy atom. The molecule has 0 bridgehead atoms. The summed E-state index contributed by atoms with van der Waals surface area (Å²) in [7, 11) is 0. The van der Waals surface area contributed by atoms with E-state index in [-0.39, 0.29) is 18.7 Å². The van der Waals surface area contributed by atoms with E-state index in [4.69, 9.17) is 5.11 Å². The van der Waals surface area contributed by atoms with Gasteiger partial charge in [-0.3, -0.25) is 0 Å². The van der Waals surface area contributed by atoms with Crippen molar-refractivity contribution in [3.8, 4) is 0 Å². The lowest BCUT2D eigenvalue weighted by molar-refractivity contribution is 0.157. The van der Waals surface area contributed by atoms with Crippen molar-refractivity contribution in [1.82, 2.24) is 10.2 Å². The molecule has 0 saturated carbocycles. The largest absolute Gasteiger partial charge is 0.394 e. The quantitative estimate of drug-likeness (QED) is 0.676. The van der Waals surface area contributed by atoms with Gasteiger partial charge in [-0.25, -0.2) is 4.79 Å². The number of urea groups is 1. The van der Waals surface area contributed by atoms with Gasteiger partial charge in [0, 0.05) is 13.1 Å². The number of nitrogens with one attached hydrogen (secondary N) is 1. The van der Waals surface area contributed by atoms with Gasteiger partial charge in [0.15, 0.2) is 0 Å².